The first-order valence-electron chi connectivity index (χ1n) is 13.3. The van der Waals surface area contributed by atoms with E-state index in [-0.39, 0.29) is 19.1 Å². The normalized spacial score (nSPS) is 21.1. The molecule has 1 aromatic rings. The lowest BCUT2D eigenvalue weighted by Crippen LogP contribution is -2.65. The standard InChI is InChI=1S/C28H41N3O7/c1-20(37-21(2)32)23(24(33)30-15-9-10-16-30)29-25(34)28(19-36-18-22-12-7-6-8-13-22)14-11-17-31(28)26(35)38-27(3,4)5/h6-8,12-13,20,23H,9-11,14-19H2,1-5H3,(H,29,34)/t20-,23+,28?/m1/s1. The van der Waals surface area contributed by atoms with Gasteiger partial charge in [-0.2, -0.15) is 0 Å². The van der Waals surface area contributed by atoms with Crippen LogP contribution in [0.3, 0.4) is 0 Å². The minimum absolute atomic E-state index is 0.0838. The molecule has 2 heterocycles. The molecule has 0 aromatic heterocycles. The Kier molecular flexibility index (Phi) is 9.76. The van der Waals surface area contributed by atoms with Crippen LogP contribution in [-0.4, -0.2) is 83.2 Å². The second kappa shape index (κ2) is 12.6. The first kappa shape index (κ1) is 29.4. The quantitative estimate of drug-likeness (QED) is 0.487. The first-order chi connectivity index (χ1) is 17.9. The van der Waals surface area contributed by atoms with Gasteiger partial charge in [0.1, 0.15) is 23.3 Å². The lowest BCUT2D eigenvalue weighted by Gasteiger charge is -2.39. The van der Waals surface area contributed by atoms with Crippen LogP contribution in [-0.2, 0) is 35.2 Å². The number of nitrogens with zero attached hydrogens (tertiary/aromatic N) is 2. The summed E-state index contributed by atoms with van der Waals surface area (Å²) in [5.74, 6) is -1.40. The molecule has 10 nitrogen and oxygen atoms in total. The van der Waals surface area contributed by atoms with Crippen molar-refractivity contribution in [2.75, 3.05) is 26.2 Å². The molecule has 3 rings (SSSR count). The van der Waals surface area contributed by atoms with Crippen LogP contribution in [0, 0.1) is 0 Å². The Balaban J connectivity index is 1.88. The van der Waals surface area contributed by atoms with Crippen LogP contribution in [0.4, 0.5) is 4.79 Å². The zero-order valence-corrected chi connectivity index (χ0v) is 23.2. The lowest BCUT2D eigenvalue weighted by atomic mass is 9.94. The van der Waals surface area contributed by atoms with E-state index >= 15 is 0 Å². The molecule has 3 amide bonds. The van der Waals surface area contributed by atoms with Crippen molar-refractivity contribution in [3.8, 4) is 0 Å². The van der Waals surface area contributed by atoms with Gasteiger partial charge in [0.05, 0.1) is 13.2 Å². The molecule has 0 aliphatic carbocycles. The molecule has 0 saturated carbocycles. The van der Waals surface area contributed by atoms with Crippen molar-refractivity contribution in [1.29, 1.82) is 0 Å². The van der Waals surface area contributed by atoms with E-state index < -0.39 is 41.3 Å². The number of benzene rings is 1. The van der Waals surface area contributed by atoms with E-state index in [9.17, 15) is 19.2 Å². The monoisotopic (exact) mass is 531 g/mol. The van der Waals surface area contributed by atoms with Crippen molar-refractivity contribution in [1.82, 2.24) is 15.1 Å². The van der Waals surface area contributed by atoms with Crippen molar-refractivity contribution in [3.05, 3.63) is 35.9 Å². The summed E-state index contributed by atoms with van der Waals surface area (Å²) < 4.78 is 17.0. The lowest BCUT2D eigenvalue weighted by molar-refractivity contribution is -0.153. The predicted octanol–water partition coefficient (Wildman–Crippen LogP) is 3.03. The zero-order chi connectivity index (χ0) is 27.9. The summed E-state index contributed by atoms with van der Waals surface area (Å²) in [5, 5.41) is 2.84. The highest BCUT2D eigenvalue weighted by molar-refractivity contribution is 5.95. The van der Waals surface area contributed by atoms with Gasteiger partial charge in [-0.3, -0.25) is 19.3 Å². The summed E-state index contributed by atoms with van der Waals surface area (Å²) in [7, 11) is 0. The number of carbonyl (C=O) groups excluding carboxylic acids is 4. The Hall–Kier alpha value is -3.14. The maximum atomic E-state index is 14.1. The highest BCUT2D eigenvalue weighted by Gasteiger charge is 2.52. The number of carbonyl (C=O) groups is 4. The van der Waals surface area contributed by atoms with Gasteiger partial charge in [-0.15, -0.1) is 0 Å². The minimum Gasteiger partial charge on any atom is -0.460 e. The third kappa shape index (κ3) is 7.46. The van der Waals surface area contributed by atoms with Gasteiger partial charge in [0.15, 0.2) is 0 Å². The maximum absolute atomic E-state index is 14.1. The largest absolute Gasteiger partial charge is 0.460 e. The Morgan fingerprint density at radius 2 is 1.68 bits per heavy atom. The molecule has 0 bridgehead atoms. The number of likely N-dealkylation sites (tertiary alicyclic amines) is 2. The first-order valence-corrected chi connectivity index (χ1v) is 13.3. The van der Waals surface area contributed by atoms with E-state index in [4.69, 9.17) is 14.2 Å². The van der Waals surface area contributed by atoms with Gasteiger partial charge in [0.25, 0.3) is 0 Å². The van der Waals surface area contributed by atoms with Crippen LogP contribution in [0.25, 0.3) is 0 Å². The summed E-state index contributed by atoms with van der Waals surface area (Å²) in [5.41, 5.74) is -1.22. The van der Waals surface area contributed by atoms with Gasteiger partial charge >= 0.3 is 12.1 Å². The van der Waals surface area contributed by atoms with Crippen LogP contribution in [0.5, 0.6) is 0 Å². The van der Waals surface area contributed by atoms with Crippen LogP contribution >= 0.6 is 0 Å². The van der Waals surface area contributed by atoms with Crippen LogP contribution in [0.1, 0.15) is 65.9 Å². The molecule has 2 aliphatic heterocycles. The average Bonchev–Trinajstić information content (AvgIpc) is 3.52. The molecule has 1 aromatic carbocycles. The Morgan fingerprint density at radius 1 is 1.03 bits per heavy atom. The number of hydrogen-bond acceptors (Lipinski definition) is 7. The molecule has 0 spiro atoms. The smallest absolute Gasteiger partial charge is 0.411 e. The Morgan fingerprint density at radius 3 is 2.29 bits per heavy atom. The van der Waals surface area contributed by atoms with Crippen molar-refractivity contribution in [2.45, 2.75) is 90.2 Å². The van der Waals surface area contributed by atoms with Crippen LogP contribution in [0.2, 0.25) is 0 Å². The fourth-order valence-electron chi connectivity index (χ4n) is 4.94. The van der Waals surface area contributed by atoms with E-state index in [0.717, 1.165) is 18.4 Å². The van der Waals surface area contributed by atoms with Gasteiger partial charge in [0, 0.05) is 26.6 Å². The third-order valence-electron chi connectivity index (χ3n) is 6.77. The fraction of sp³-hybridized carbons (Fsp3) is 0.643. The molecule has 2 fully saturated rings. The third-order valence-corrected chi connectivity index (χ3v) is 6.77. The summed E-state index contributed by atoms with van der Waals surface area (Å²) in [6, 6.07) is 8.43. The molecule has 0 radical (unpaired) electrons. The van der Waals surface area contributed by atoms with E-state index in [0.29, 0.717) is 32.5 Å². The SMILES string of the molecule is CC(=O)O[C@H](C)[C@H](NC(=O)C1(COCc2ccccc2)CCCN1C(=O)OC(C)(C)C)C(=O)N1CCCC1. The second-order valence-corrected chi connectivity index (χ2v) is 11.0. The molecule has 1 unspecified atom stereocenters. The number of amides is 3. The molecule has 2 aliphatic rings. The van der Waals surface area contributed by atoms with Crippen molar-refractivity contribution < 1.29 is 33.4 Å². The highest BCUT2D eigenvalue weighted by atomic mass is 16.6. The fourth-order valence-corrected chi connectivity index (χ4v) is 4.94. The van der Waals surface area contributed by atoms with Gasteiger partial charge < -0.3 is 24.4 Å². The molecule has 2 saturated heterocycles. The summed E-state index contributed by atoms with van der Waals surface area (Å²) in [6.45, 7) is 9.76. The topological polar surface area (TPSA) is 114 Å². The highest BCUT2D eigenvalue weighted by Crippen LogP contribution is 2.33. The molecule has 10 heteroatoms. The van der Waals surface area contributed by atoms with E-state index in [2.05, 4.69) is 5.32 Å². The van der Waals surface area contributed by atoms with E-state index in [1.165, 1.54) is 11.8 Å². The summed E-state index contributed by atoms with van der Waals surface area (Å²) in [6.07, 6.45) is 1.12. The van der Waals surface area contributed by atoms with Crippen LogP contribution in [0.15, 0.2) is 30.3 Å². The summed E-state index contributed by atoms with van der Waals surface area (Å²) >= 11 is 0. The van der Waals surface area contributed by atoms with Gasteiger partial charge in [-0.1, -0.05) is 30.3 Å². The number of esters is 1. The van der Waals surface area contributed by atoms with Crippen LogP contribution < -0.4 is 5.32 Å². The van der Waals surface area contributed by atoms with Crippen molar-refractivity contribution in [2.24, 2.45) is 0 Å². The molecular formula is C28H41N3O7. The maximum Gasteiger partial charge on any atom is 0.411 e. The summed E-state index contributed by atoms with van der Waals surface area (Å²) in [4.78, 5) is 55.5. The molecule has 210 valence electrons. The van der Waals surface area contributed by atoms with Crippen molar-refractivity contribution >= 4 is 23.9 Å². The number of rotatable bonds is 9. The Bertz CT molecular complexity index is 988. The van der Waals surface area contributed by atoms with E-state index in [1.807, 2.05) is 30.3 Å². The zero-order valence-electron chi connectivity index (χ0n) is 23.2. The minimum atomic E-state index is -1.39. The second-order valence-electron chi connectivity index (χ2n) is 11.0. The molecule has 38 heavy (non-hydrogen) atoms. The van der Waals surface area contributed by atoms with Crippen molar-refractivity contribution in [3.63, 3.8) is 0 Å². The predicted molar refractivity (Wildman–Crippen MR) is 140 cm³/mol. The van der Waals surface area contributed by atoms with Gasteiger partial charge in [-0.25, -0.2) is 4.79 Å². The number of nitrogens with one attached hydrogen (secondary N) is 1. The number of hydrogen-bond donors (Lipinski definition) is 1. The molecular weight excluding hydrogens is 490 g/mol. The van der Waals surface area contributed by atoms with E-state index in [1.54, 1.807) is 32.6 Å². The number of ether oxygens (including phenoxy) is 3. The average molecular weight is 532 g/mol. The molecule has 3 atom stereocenters. The van der Waals surface area contributed by atoms with Gasteiger partial charge in [-0.05, 0) is 58.9 Å². The van der Waals surface area contributed by atoms with Gasteiger partial charge in [0.2, 0.25) is 11.8 Å². The Labute approximate surface area is 225 Å². The molecule has 1 N–H and O–H groups in total.